The molecule has 70 valence electrons. The average Bonchev–Trinajstić information content (AvgIpc) is 2.63. The highest BCUT2D eigenvalue weighted by atomic mass is 16.5. The first-order valence-electron chi connectivity index (χ1n) is 4.35. The van der Waals surface area contributed by atoms with E-state index in [4.69, 9.17) is 4.74 Å². The smallest absolute Gasteiger partial charge is 0.222 e. The number of nitrogens with one attached hydrogen (secondary N) is 1. The number of rotatable bonds is 3. The number of methoxy groups -OCH3 is 1. The summed E-state index contributed by atoms with van der Waals surface area (Å²) in [6, 6.07) is 0.220. The van der Waals surface area contributed by atoms with Crippen LogP contribution in [0.2, 0.25) is 0 Å². The molecule has 1 fully saturated rings. The van der Waals surface area contributed by atoms with Crippen molar-refractivity contribution >= 4 is 5.91 Å². The Morgan fingerprint density at radius 2 is 2.25 bits per heavy atom. The number of hydrogen-bond donors (Lipinski definition) is 1. The third-order valence-electron chi connectivity index (χ3n) is 2.49. The molecule has 0 bridgehead atoms. The van der Waals surface area contributed by atoms with Gasteiger partial charge in [0.2, 0.25) is 5.91 Å². The minimum atomic E-state index is -0.107. The summed E-state index contributed by atoms with van der Waals surface area (Å²) >= 11 is 0. The van der Waals surface area contributed by atoms with E-state index in [1.807, 2.05) is 20.8 Å². The third-order valence-corrected chi connectivity index (χ3v) is 2.49. The molecule has 0 spiro atoms. The van der Waals surface area contributed by atoms with E-state index in [9.17, 15) is 4.79 Å². The molecule has 1 amide bonds. The number of ether oxygens (including phenoxy) is 1. The van der Waals surface area contributed by atoms with Gasteiger partial charge in [0.1, 0.15) is 0 Å². The SMILES string of the molecule is CO[C@@]1(C)C[C@H]1NC(=O)C(C)C. The molecule has 1 rings (SSSR count). The maximum atomic E-state index is 11.2. The van der Waals surface area contributed by atoms with Crippen molar-refractivity contribution in [3.63, 3.8) is 0 Å². The Bertz CT molecular complexity index is 191. The molecule has 0 saturated heterocycles. The van der Waals surface area contributed by atoms with Crippen molar-refractivity contribution in [2.24, 2.45) is 5.92 Å². The van der Waals surface area contributed by atoms with E-state index in [0.717, 1.165) is 6.42 Å². The number of carbonyl (C=O) groups excluding carboxylic acids is 1. The zero-order valence-corrected chi connectivity index (χ0v) is 8.18. The predicted octanol–water partition coefficient (Wildman–Crippen LogP) is 0.936. The van der Waals surface area contributed by atoms with Gasteiger partial charge in [0.15, 0.2) is 0 Å². The molecule has 3 heteroatoms. The second-order valence-corrected chi connectivity index (χ2v) is 3.94. The van der Waals surface area contributed by atoms with Crippen LogP contribution in [0.15, 0.2) is 0 Å². The minimum Gasteiger partial charge on any atom is -0.376 e. The molecule has 2 atom stereocenters. The maximum absolute atomic E-state index is 11.2. The highest BCUT2D eigenvalue weighted by Gasteiger charge is 2.51. The number of carbonyl (C=O) groups is 1. The van der Waals surface area contributed by atoms with E-state index in [1.165, 1.54) is 0 Å². The fourth-order valence-corrected chi connectivity index (χ4v) is 1.11. The fourth-order valence-electron chi connectivity index (χ4n) is 1.11. The van der Waals surface area contributed by atoms with E-state index in [-0.39, 0.29) is 23.5 Å². The largest absolute Gasteiger partial charge is 0.376 e. The van der Waals surface area contributed by atoms with Gasteiger partial charge in [-0.1, -0.05) is 13.8 Å². The second kappa shape index (κ2) is 3.05. The van der Waals surface area contributed by atoms with Gasteiger partial charge < -0.3 is 10.1 Å². The van der Waals surface area contributed by atoms with Crippen molar-refractivity contribution in [1.29, 1.82) is 0 Å². The Morgan fingerprint density at radius 1 is 1.67 bits per heavy atom. The molecule has 3 nitrogen and oxygen atoms in total. The van der Waals surface area contributed by atoms with Gasteiger partial charge in [-0.2, -0.15) is 0 Å². The topological polar surface area (TPSA) is 38.3 Å². The van der Waals surface area contributed by atoms with Crippen LogP contribution in [-0.4, -0.2) is 24.7 Å². The molecule has 1 aliphatic rings. The monoisotopic (exact) mass is 171 g/mol. The third kappa shape index (κ3) is 1.78. The summed E-state index contributed by atoms with van der Waals surface area (Å²) in [5.41, 5.74) is -0.107. The van der Waals surface area contributed by atoms with Crippen molar-refractivity contribution in [2.45, 2.75) is 38.8 Å². The lowest BCUT2D eigenvalue weighted by molar-refractivity contribution is -0.124. The molecule has 0 aromatic rings. The van der Waals surface area contributed by atoms with Gasteiger partial charge in [-0.05, 0) is 6.92 Å². The van der Waals surface area contributed by atoms with Crippen LogP contribution >= 0.6 is 0 Å². The summed E-state index contributed by atoms with van der Waals surface area (Å²) in [6.07, 6.45) is 0.933. The first-order chi connectivity index (χ1) is 5.49. The predicted molar refractivity (Wildman–Crippen MR) is 46.8 cm³/mol. The number of amides is 1. The Labute approximate surface area is 73.5 Å². The molecule has 0 aromatic heterocycles. The van der Waals surface area contributed by atoms with Crippen LogP contribution in [0.1, 0.15) is 27.2 Å². The molecular formula is C9H17NO2. The van der Waals surface area contributed by atoms with Crippen LogP contribution in [0.3, 0.4) is 0 Å². The van der Waals surface area contributed by atoms with Crippen LogP contribution in [0.5, 0.6) is 0 Å². The van der Waals surface area contributed by atoms with Crippen LogP contribution < -0.4 is 5.32 Å². The first-order valence-corrected chi connectivity index (χ1v) is 4.35. The van der Waals surface area contributed by atoms with Crippen molar-refractivity contribution < 1.29 is 9.53 Å². The lowest BCUT2D eigenvalue weighted by Crippen LogP contribution is -2.34. The highest BCUT2D eigenvalue weighted by molar-refractivity contribution is 5.78. The maximum Gasteiger partial charge on any atom is 0.222 e. The standard InChI is InChI=1S/C9H17NO2/c1-6(2)8(11)10-7-5-9(7,3)12-4/h6-7H,5H2,1-4H3,(H,10,11)/t7-,9+/m1/s1. The molecule has 0 aliphatic heterocycles. The van der Waals surface area contributed by atoms with Crippen molar-refractivity contribution in [2.75, 3.05) is 7.11 Å². The molecule has 0 aromatic carbocycles. The first kappa shape index (κ1) is 9.52. The zero-order valence-electron chi connectivity index (χ0n) is 8.18. The number of hydrogen-bond acceptors (Lipinski definition) is 2. The van der Waals surface area contributed by atoms with Crippen molar-refractivity contribution in [3.8, 4) is 0 Å². The fraction of sp³-hybridized carbons (Fsp3) is 0.889. The van der Waals surface area contributed by atoms with Gasteiger partial charge in [-0.25, -0.2) is 0 Å². The lowest BCUT2D eigenvalue weighted by atomic mass is 10.2. The second-order valence-electron chi connectivity index (χ2n) is 3.94. The van der Waals surface area contributed by atoms with Gasteiger partial charge in [0.25, 0.3) is 0 Å². The Balaban J connectivity index is 2.32. The summed E-state index contributed by atoms with van der Waals surface area (Å²) < 4.78 is 5.23. The summed E-state index contributed by atoms with van der Waals surface area (Å²) in [7, 11) is 1.68. The average molecular weight is 171 g/mol. The van der Waals surface area contributed by atoms with E-state index in [0.29, 0.717) is 0 Å². The Hall–Kier alpha value is -0.570. The van der Waals surface area contributed by atoms with E-state index in [2.05, 4.69) is 5.32 Å². The molecule has 0 heterocycles. The molecule has 1 N–H and O–H groups in total. The van der Waals surface area contributed by atoms with Gasteiger partial charge in [0.05, 0.1) is 11.6 Å². The lowest BCUT2D eigenvalue weighted by Gasteiger charge is -2.11. The van der Waals surface area contributed by atoms with Crippen LogP contribution in [0.25, 0.3) is 0 Å². The minimum absolute atomic E-state index is 0.0618. The van der Waals surface area contributed by atoms with Gasteiger partial charge >= 0.3 is 0 Å². The molecule has 1 saturated carbocycles. The van der Waals surface area contributed by atoms with Crippen molar-refractivity contribution in [1.82, 2.24) is 5.32 Å². The van der Waals surface area contributed by atoms with E-state index in [1.54, 1.807) is 7.11 Å². The normalized spacial score (nSPS) is 33.6. The van der Waals surface area contributed by atoms with Gasteiger partial charge in [-0.3, -0.25) is 4.79 Å². The summed E-state index contributed by atoms with van der Waals surface area (Å²) in [5.74, 6) is 0.174. The highest BCUT2D eigenvalue weighted by Crippen LogP contribution is 2.38. The molecule has 0 unspecified atom stereocenters. The molecule has 12 heavy (non-hydrogen) atoms. The Kier molecular flexibility index (Phi) is 2.42. The molecular weight excluding hydrogens is 154 g/mol. The Morgan fingerprint density at radius 3 is 2.58 bits per heavy atom. The molecule has 0 radical (unpaired) electrons. The van der Waals surface area contributed by atoms with Crippen LogP contribution in [0.4, 0.5) is 0 Å². The summed E-state index contributed by atoms with van der Waals surface area (Å²) in [4.78, 5) is 11.2. The zero-order chi connectivity index (χ0) is 9.35. The van der Waals surface area contributed by atoms with E-state index >= 15 is 0 Å². The van der Waals surface area contributed by atoms with Crippen LogP contribution in [-0.2, 0) is 9.53 Å². The quantitative estimate of drug-likeness (QED) is 0.686. The van der Waals surface area contributed by atoms with Crippen molar-refractivity contribution in [3.05, 3.63) is 0 Å². The molecule has 1 aliphatic carbocycles. The van der Waals surface area contributed by atoms with Gasteiger partial charge in [0, 0.05) is 19.4 Å². The summed E-state index contributed by atoms with van der Waals surface area (Å²) in [5, 5.41) is 2.93. The van der Waals surface area contributed by atoms with Crippen LogP contribution in [0, 0.1) is 5.92 Å². The van der Waals surface area contributed by atoms with Gasteiger partial charge in [-0.15, -0.1) is 0 Å². The van der Waals surface area contributed by atoms with E-state index < -0.39 is 0 Å². The summed E-state index contributed by atoms with van der Waals surface area (Å²) in [6.45, 7) is 5.79.